The highest BCUT2D eigenvalue weighted by atomic mass is 35.5. The summed E-state index contributed by atoms with van der Waals surface area (Å²) in [5.74, 6) is 0.365. The summed E-state index contributed by atoms with van der Waals surface area (Å²) in [7, 11) is 3.15. The molecule has 8 rings (SSSR count). The maximum absolute atomic E-state index is 12.9. The lowest BCUT2D eigenvalue weighted by Crippen LogP contribution is -2.52. The molecule has 0 radical (unpaired) electrons. The van der Waals surface area contributed by atoms with Gasteiger partial charge in [-0.3, -0.25) is 29.3 Å². The van der Waals surface area contributed by atoms with Crippen LogP contribution >= 0.6 is 11.6 Å². The van der Waals surface area contributed by atoms with Gasteiger partial charge in [-0.15, -0.1) is 0 Å². The predicted octanol–water partition coefficient (Wildman–Crippen LogP) is 4.43. The van der Waals surface area contributed by atoms with Crippen molar-refractivity contribution in [3.05, 3.63) is 111 Å². The lowest BCUT2D eigenvalue weighted by Gasteiger charge is -2.32. The van der Waals surface area contributed by atoms with Gasteiger partial charge in [0.15, 0.2) is 18.2 Å². The number of nitrogens with zero attached hydrogens (tertiary/aromatic N) is 5. The number of rotatable bonds is 22. The molecule has 0 saturated carbocycles. The molecule has 20 heteroatoms. The van der Waals surface area contributed by atoms with Crippen molar-refractivity contribution >= 4 is 63.6 Å². The van der Waals surface area contributed by atoms with E-state index in [-0.39, 0.29) is 48.2 Å². The summed E-state index contributed by atoms with van der Waals surface area (Å²) >= 11 is 6.54. The SMILES string of the molecule is CNC(=O)COc1cc2cc(Nc3nc(N4CCC(OCc5cccc(COCCOCCOCCOc6ccc7c(c6)CN(C6CCC(=O)NC6=O)C7=O)c5)CC4)ncc3Cl)ccc2n(C)c1=O. The summed E-state index contributed by atoms with van der Waals surface area (Å²) in [6.07, 6.45) is 3.80. The number of amides is 4. The van der Waals surface area contributed by atoms with E-state index in [1.54, 1.807) is 31.4 Å². The number of hydrogen-bond donors (Lipinski definition) is 3. The third-order valence-corrected chi connectivity index (χ3v) is 12.3. The number of imide groups is 1. The van der Waals surface area contributed by atoms with Gasteiger partial charge < -0.3 is 53.4 Å². The number of nitrogens with one attached hydrogen (secondary N) is 3. The van der Waals surface area contributed by atoms with Crippen molar-refractivity contribution in [3.8, 4) is 11.5 Å². The number of pyridine rings is 1. The molecule has 364 valence electrons. The molecule has 2 aromatic heterocycles. The highest BCUT2D eigenvalue weighted by Crippen LogP contribution is 2.31. The minimum atomic E-state index is -0.655. The molecule has 2 fully saturated rings. The fourth-order valence-corrected chi connectivity index (χ4v) is 8.46. The number of likely N-dealkylation sites (N-methyl/N-ethyl adjacent to an activating group) is 1. The van der Waals surface area contributed by atoms with E-state index in [1.807, 2.05) is 42.5 Å². The third-order valence-electron chi connectivity index (χ3n) is 12.0. The number of ether oxygens (including phenoxy) is 6. The normalized spacial score (nSPS) is 16.2. The van der Waals surface area contributed by atoms with Gasteiger partial charge in [-0.25, -0.2) is 4.98 Å². The monoisotopic (exact) mass is 966 g/mol. The second-order valence-electron chi connectivity index (χ2n) is 16.8. The van der Waals surface area contributed by atoms with Gasteiger partial charge in [0.2, 0.25) is 17.8 Å². The van der Waals surface area contributed by atoms with Crippen LogP contribution in [0.4, 0.5) is 17.5 Å². The van der Waals surface area contributed by atoms with E-state index in [0.29, 0.717) is 118 Å². The van der Waals surface area contributed by atoms with Crippen molar-refractivity contribution < 1.29 is 47.6 Å². The van der Waals surface area contributed by atoms with E-state index in [4.69, 9.17) is 45.0 Å². The van der Waals surface area contributed by atoms with Gasteiger partial charge in [0.05, 0.1) is 64.1 Å². The van der Waals surface area contributed by atoms with Gasteiger partial charge in [0, 0.05) is 56.8 Å². The van der Waals surface area contributed by atoms with Crippen molar-refractivity contribution in [2.45, 2.75) is 57.6 Å². The smallest absolute Gasteiger partial charge is 0.293 e. The summed E-state index contributed by atoms with van der Waals surface area (Å²) in [5, 5.41) is 9.17. The minimum absolute atomic E-state index is 0.0692. The Balaban J connectivity index is 0.690. The summed E-state index contributed by atoms with van der Waals surface area (Å²) < 4.78 is 36.3. The number of fused-ring (bicyclic) bond motifs is 2. The zero-order valence-electron chi connectivity index (χ0n) is 38.5. The number of aryl methyl sites for hydroxylation is 1. The van der Waals surface area contributed by atoms with Gasteiger partial charge in [-0.2, -0.15) is 4.98 Å². The first-order valence-electron chi connectivity index (χ1n) is 22.9. The molecule has 19 nitrogen and oxygen atoms in total. The Morgan fingerprint density at radius 2 is 1.61 bits per heavy atom. The predicted molar refractivity (Wildman–Crippen MR) is 255 cm³/mol. The second kappa shape index (κ2) is 23.1. The highest BCUT2D eigenvalue weighted by Gasteiger charge is 2.39. The van der Waals surface area contributed by atoms with E-state index in [0.717, 1.165) is 34.9 Å². The fourth-order valence-electron chi connectivity index (χ4n) is 8.32. The molecule has 1 unspecified atom stereocenters. The molecule has 3 aliphatic rings. The van der Waals surface area contributed by atoms with Crippen LogP contribution in [0.1, 0.15) is 52.7 Å². The zero-order chi connectivity index (χ0) is 48.3. The topological polar surface area (TPSA) is 214 Å². The summed E-state index contributed by atoms with van der Waals surface area (Å²) in [4.78, 5) is 74.2. The van der Waals surface area contributed by atoms with E-state index in [2.05, 4.69) is 31.9 Å². The molecule has 5 aromatic rings. The number of carbonyl (C=O) groups excluding carboxylic acids is 4. The minimum Gasteiger partial charge on any atom is -0.491 e. The van der Waals surface area contributed by atoms with Crippen LogP contribution in [0.25, 0.3) is 10.9 Å². The average molecular weight is 967 g/mol. The Morgan fingerprint density at radius 1 is 0.855 bits per heavy atom. The summed E-state index contributed by atoms with van der Waals surface area (Å²) in [6.45, 7) is 4.74. The molecular formula is C49H55ClN8O11. The van der Waals surface area contributed by atoms with E-state index < -0.39 is 11.9 Å². The maximum Gasteiger partial charge on any atom is 0.293 e. The first-order chi connectivity index (χ1) is 33.5. The van der Waals surface area contributed by atoms with Gasteiger partial charge in [0.25, 0.3) is 17.4 Å². The average Bonchev–Trinajstić information content (AvgIpc) is 3.68. The quantitative estimate of drug-likeness (QED) is 0.0647. The lowest BCUT2D eigenvalue weighted by molar-refractivity contribution is -0.137. The Hall–Kier alpha value is -6.64. The van der Waals surface area contributed by atoms with Crippen molar-refractivity contribution in [1.29, 1.82) is 0 Å². The van der Waals surface area contributed by atoms with Gasteiger partial charge in [-0.05, 0) is 78.4 Å². The van der Waals surface area contributed by atoms with Crippen LogP contribution in [0.15, 0.2) is 77.7 Å². The van der Waals surface area contributed by atoms with Crippen LogP contribution in [0.5, 0.6) is 11.5 Å². The van der Waals surface area contributed by atoms with Gasteiger partial charge in [-0.1, -0.05) is 35.9 Å². The Labute approximate surface area is 403 Å². The molecule has 0 bridgehead atoms. The molecule has 3 aliphatic heterocycles. The number of piperidine rings is 2. The molecule has 4 amide bonds. The molecule has 2 saturated heterocycles. The van der Waals surface area contributed by atoms with Crippen molar-refractivity contribution in [3.63, 3.8) is 0 Å². The molecule has 0 aliphatic carbocycles. The molecule has 3 N–H and O–H groups in total. The van der Waals surface area contributed by atoms with Crippen molar-refractivity contribution in [2.24, 2.45) is 7.05 Å². The number of aromatic nitrogens is 3. The zero-order valence-corrected chi connectivity index (χ0v) is 39.3. The molecule has 5 heterocycles. The van der Waals surface area contributed by atoms with Crippen LogP contribution in [0.3, 0.4) is 0 Å². The van der Waals surface area contributed by atoms with E-state index in [1.165, 1.54) is 16.5 Å². The van der Waals surface area contributed by atoms with Crippen LogP contribution in [0, 0.1) is 0 Å². The molecule has 69 heavy (non-hydrogen) atoms. The molecular weight excluding hydrogens is 912 g/mol. The van der Waals surface area contributed by atoms with Crippen molar-refractivity contribution in [2.75, 3.05) is 76.6 Å². The van der Waals surface area contributed by atoms with Crippen LogP contribution in [0.2, 0.25) is 5.02 Å². The lowest BCUT2D eigenvalue weighted by atomic mass is 10.0. The number of hydrogen-bond acceptors (Lipinski definition) is 15. The maximum atomic E-state index is 12.9. The van der Waals surface area contributed by atoms with Gasteiger partial charge >= 0.3 is 0 Å². The Morgan fingerprint density at radius 3 is 2.38 bits per heavy atom. The Kier molecular flexibility index (Phi) is 16.3. The van der Waals surface area contributed by atoms with Crippen molar-refractivity contribution in [1.82, 2.24) is 30.1 Å². The van der Waals surface area contributed by atoms with E-state index >= 15 is 0 Å². The second-order valence-corrected chi connectivity index (χ2v) is 17.2. The molecule has 0 spiro atoms. The molecule has 3 aromatic carbocycles. The summed E-state index contributed by atoms with van der Waals surface area (Å²) in [6, 6.07) is 19.9. The number of carbonyl (C=O) groups is 4. The Bertz CT molecular complexity index is 2730. The van der Waals surface area contributed by atoms with Crippen LogP contribution in [-0.4, -0.2) is 122 Å². The van der Waals surface area contributed by atoms with Crippen LogP contribution < -0.4 is 35.9 Å². The van der Waals surface area contributed by atoms with E-state index in [9.17, 15) is 24.0 Å². The standard InChI is InChI=1S/C49H55ClN8O11/c1-51-44(60)30-69-42-25-33-23-35(6-9-40(33)56(2)48(42)63)53-45-39(50)26-52-49(55-45)57-14-12-36(13-15-57)68-29-32-5-3-4-31(22-32)28-66-19-18-64-16-17-65-20-21-67-37-7-8-38-34(24-37)27-58(47(38)62)41-10-11-43(59)54-46(41)61/h3-9,22-26,36,41H,10-21,27-30H2,1-2H3,(H,51,60)(H,52,53,55)(H,54,59,61). The van der Waals surface area contributed by atoms with Crippen LogP contribution in [-0.2, 0) is 60.1 Å². The first-order valence-corrected chi connectivity index (χ1v) is 23.3. The largest absolute Gasteiger partial charge is 0.491 e. The number of anilines is 3. The number of halogens is 1. The fraction of sp³-hybridized carbons (Fsp3) is 0.408. The summed E-state index contributed by atoms with van der Waals surface area (Å²) in [5.41, 5.74) is 4.48. The molecule has 1 atom stereocenters. The first kappa shape index (κ1) is 48.8. The number of benzene rings is 3. The third kappa shape index (κ3) is 12.5. The van der Waals surface area contributed by atoms with Gasteiger partial charge in [0.1, 0.15) is 23.4 Å². The highest BCUT2D eigenvalue weighted by molar-refractivity contribution is 6.33.